The molecule has 340 valence electrons. The average molecular weight is 833 g/mol. The third-order valence-electron chi connectivity index (χ3n) is 10.7. The van der Waals surface area contributed by atoms with Gasteiger partial charge in [-0.1, -0.05) is 122 Å². The first-order valence-electron chi connectivity index (χ1n) is 22.4. The van der Waals surface area contributed by atoms with E-state index >= 15 is 0 Å². The van der Waals surface area contributed by atoms with Crippen molar-refractivity contribution in [3.05, 3.63) is 24.3 Å². The molecule has 0 bridgehead atoms. The Morgan fingerprint density at radius 2 is 1.07 bits per heavy atom. The predicted molar refractivity (Wildman–Crippen MR) is 220 cm³/mol. The molecule has 0 aliphatic carbocycles. The maximum atomic E-state index is 12.8. The van der Waals surface area contributed by atoms with Gasteiger partial charge in [-0.3, -0.25) is 4.79 Å². The van der Waals surface area contributed by atoms with Crippen molar-refractivity contribution in [1.29, 1.82) is 0 Å². The van der Waals surface area contributed by atoms with E-state index in [-0.39, 0.29) is 25.6 Å². The molecule has 2 rings (SSSR count). The number of carbonyl (C=O) groups excluding carboxylic acids is 1. The largest absolute Gasteiger partial charge is 0.457 e. The maximum absolute atomic E-state index is 12.8. The molecule has 0 aromatic carbocycles. The van der Waals surface area contributed by atoms with Crippen LogP contribution in [0.5, 0.6) is 0 Å². The Hall–Kier alpha value is -1.53. The second-order valence-electron chi connectivity index (χ2n) is 15.9. The summed E-state index contributed by atoms with van der Waals surface area (Å²) >= 11 is 0. The van der Waals surface area contributed by atoms with E-state index in [2.05, 4.69) is 38.2 Å². The lowest BCUT2D eigenvalue weighted by atomic mass is 9.98. The number of hydrogen-bond donors (Lipinski definition) is 7. The number of allylic oxidation sites excluding steroid dienone is 4. The maximum Gasteiger partial charge on any atom is 0.306 e. The summed E-state index contributed by atoms with van der Waals surface area (Å²) in [6.07, 6.45) is 15.6. The zero-order chi connectivity index (χ0) is 42.4. The zero-order valence-electron chi connectivity index (χ0n) is 35.5. The molecule has 14 heteroatoms. The van der Waals surface area contributed by atoms with Crippen molar-refractivity contribution < 1.29 is 69.0 Å². The monoisotopic (exact) mass is 833 g/mol. The third kappa shape index (κ3) is 21.8. The molecule has 0 amide bonds. The molecular weight excluding hydrogens is 752 g/mol. The van der Waals surface area contributed by atoms with Gasteiger partial charge in [-0.15, -0.1) is 0 Å². The summed E-state index contributed by atoms with van der Waals surface area (Å²) in [5, 5.41) is 71.7. The van der Waals surface area contributed by atoms with Gasteiger partial charge in [0.25, 0.3) is 0 Å². The number of carbonyl (C=O) groups is 1. The lowest BCUT2D eigenvalue weighted by molar-refractivity contribution is -0.332. The fourth-order valence-corrected chi connectivity index (χ4v) is 6.96. The molecule has 2 saturated heterocycles. The molecule has 2 aliphatic heterocycles. The minimum Gasteiger partial charge on any atom is -0.457 e. The first-order chi connectivity index (χ1) is 28.1. The molecule has 0 aromatic heterocycles. The van der Waals surface area contributed by atoms with Crippen LogP contribution in [0.15, 0.2) is 24.3 Å². The summed E-state index contributed by atoms with van der Waals surface area (Å²) in [5.74, 6) is -0.388. The zero-order valence-corrected chi connectivity index (χ0v) is 35.5. The summed E-state index contributed by atoms with van der Waals surface area (Å²) in [4.78, 5) is 12.8. The SMILES string of the molecule is CCCCCC/C=C\C/C=C\CCCCCCCCOCC(COC1OC(COC2OC(CO)C(O)C(O)C2O)C(O)C(O)C1O)OC(=O)CCCCCCCCC. The first-order valence-corrected chi connectivity index (χ1v) is 22.4. The fraction of sp³-hybridized carbons (Fsp3) is 0.886. The van der Waals surface area contributed by atoms with Crippen LogP contribution in [0.1, 0.15) is 149 Å². The molecule has 11 unspecified atom stereocenters. The van der Waals surface area contributed by atoms with Gasteiger partial charge < -0.3 is 64.2 Å². The molecule has 0 spiro atoms. The van der Waals surface area contributed by atoms with E-state index in [0.717, 1.165) is 57.8 Å². The van der Waals surface area contributed by atoms with Crippen LogP contribution in [0.2, 0.25) is 0 Å². The molecule has 14 nitrogen and oxygen atoms in total. The van der Waals surface area contributed by atoms with Crippen LogP contribution < -0.4 is 0 Å². The predicted octanol–water partition coefficient (Wildman–Crippen LogP) is 4.90. The minimum atomic E-state index is -1.70. The van der Waals surface area contributed by atoms with E-state index in [4.69, 9.17) is 28.4 Å². The molecule has 0 radical (unpaired) electrons. The number of hydrogen-bond acceptors (Lipinski definition) is 14. The third-order valence-corrected chi connectivity index (χ3v) is 10.7. The molecular formula is C44H80O14. The lowest BCUT2D eigenvalue weighted by Crippen LogP contribution is -2.61. The van der Waals surface area contributed by atoms with Crippen molar-refractivity contribution in [3.8, 4) is 0 Å². The highest BCUT2D eigenvalue weighted by Gasteiger charge is 2.47. The van der Waals surface area contributed by atoms with Crippen LogP contribution in [0.25, 0.3) is 0 Å². The van der Waals surface area contributed by atoms with E-state index in [1.54, 1.807) is 0 Å². The van der Waals surface area contributed by atoms with Crippen LogP contribution >= 0.6 is 0 Å². The molecule has 2 aliphatic rings. The molecule has 7 N–H and O–H groups in total. The number of unbranched alkanes of at least 4 members (excludes halogenated alkanes) is 16. The van der Waals surface area contributed by atoms with E-state index < -0.39 is 80.7 Å². The van der Waals surface area contributed by atoms with Crippen molar-refractivity contribution in [2.24, 2.45) is 0 Å². The van der Waals surface area contributed by atoms with Gasteiger partial charge in [0.2, 0.25) is 0 Å². The number of rotatable bonds is 34. The Morgan fingerprint density at radius 1 is 0.569 bits per heavy atom. The van der Waals surface area contributed by atoms with Crippen LogP contribution in [0.4, 0.5) is 0 Å². The Labute approximate surface area is 347 Å². The van der Waals surface area contributed by atoms with Gasteiger partial charge in [0, 0.05) is 13.0 Å². The van der Waals surface area contributed by atoms with Crippen molar-refractivity contribution in [2.75, 3.05) is 33.0 Å². The van der Waals surface area contributed by atoms with Crippen molar-refractivity contribution >= 4 is 5.97 Å². The summed E-state index contributed by atoms with van der Waals surface area (Å²) in [7, 11) is 0. The molecule has 58 heavy (non-hydrogen) atoms. The smallest absolute Gasteiger partial charge is 0.306 e. The second-order valence-corrected chi connectivity index (χ2v) is 15.9. The number of ether oxygens (including phenoxy) is 6. The van der Waals surface area contributed by atoms with Gasteiger partial charge in [-0.25, -0.2) is 0 Å². The highest BCUT2D eigenvalue weighted by Crippen LogP contribution is 2.26. The van der Waals surface area contributed by atoms with Gasteiger partial charge in [0.05, 0.1) is 26.4 Å². The van der Waals surface area contributed by atoms with Gasteiger partial charge in [-0.2, -0.15) is 0 Å². The van der Waals surface area contributed by atoms with Crippen LogP contribution in [-0.2, 0) is 33.2 Å². The van der Waals surface area contributed by atoms with Crippen LogP contribution in [0, 0.1) is 0 Å². The minimum absolute atomic E-state index is 0.0563. The normalized spacial score (nSPS) is 28.4. The van der Waals surface area contributed by atoms with Gasteiger partial charge >= 0.3 is 5.97 Å². The average Bonchev–Trinajstić information content (AvgIpc) is 3.22. The summed E-state index contributed by atoms with van der Waals surface area (Å²) in [5.41, 5.74) is 0. The molecule has 0 aromatic rings. The van der Waals surface area contributed by atoms with Crippen LogP contribution in [-0.4, -0.2) is 142 Å². The quantitative estimate of drug-likeness (QED) is 0.0261. The number of esters is 1. The molecule has 2 heterocycles. The Balaban J connectivity index is 1.78. The van der Waals surface area contributed by atoms with E-state index in [1.807, 2.05) is 0 Å². The van der Waals surface area contributed by atoms with Gasteiger partial charge in [0.15, 0.2) is 12.6 Å². The lowest BCUT2D eigenvalue weighted by Gasteiger charge is -2.42. The summed E-state index contributed by atoms with van der Waals surface area (Å²) < 4.78 is 34.0. The Morgan fingerprint density at radius 3 is 1.67 bits per heavy atom. The number of aliphatic hydroxyl groups is 7. The standard InChI is InChI=1S/C44H80O14/c1-3-5-7-9-11-12-13-14-15-16-17-18-19-20-22-24-26-28-53-30-33(56-36(46)27-25-23-21-10-8-6-4-2)31-54-43-42(52)40(50)38(48)35(58-43)32-55-44-41(51)39(49)37(47)34(29-45)57-44/h12-13,15-16,33-35,37-45,47-52H,3-11,14,17-32H2,1-2H3/b13-12-,16-15-. The molecule has 2 fully saturated rings. The van der Waals surface area contributed by atoms with E-state index in [0.29, 0.717) is 13.0 Å². The van der Waals surface area contributed by atoms with E-state index in [9.17, 15) is 40.5 Å². The topological polar surface area (TPSA) is 214 Å². The van der Waals surface area contributed by atoms with Crippen molar-refractivity contribution in [3.63, 3.8) is 0 Å². The Bertz CT molecular complexity index is 1060. The molecule has 11 atom stereocenters. The molecule has 0 saturated carbocycles. The highest BCUT2D eigenvalue weighted by molar-refractivity contribution is 5.69. The van der Waals surface area contributed by atoms with Gasteiger partial charge in [-0.05, 0) is 44.9 Å². The summed E-state index contributed by atoms with van der Waals surface area (Å²) in [6.45, 7) is 3.58. The van der Waals surface area contributed by atoms with E-state index in [1.165, 1.54) is 64.2 Å². The Kier molecular flexibility index (Phi) is 30.1. The number of aliphatic hydroxyl groups excluding tert-OH is 7. The van der Waals surface area contributed by atoms with Gasteiger partial charge in [0.1, 0.15) is 54.9 Å². The second kappa shape index (κ2) is 33.1. The van der Waals surface area contributed by atoms with Crippen molar-refractivity contribution in [2.45, 2.75) is 216 Å². The fourth-order valence-electron chi connectivity index (χ4n) is 6.96. The highest BCUT2D eigenvalue weighted by atomic mass is 16.7. The van der Waals surface area contributed by atoms with Crippen molar-refractivity contribution in [1.82, 2.24) is 0 Å². The summed E-state index contributed by atoms with van der Waals surface area (Å²) in [6, 6.07) is 0. The van der Waals surface area contributed by atoms with Crippen LogP contribution in [0.3, 0.4) is 0 Å². The first kappa shape index (κ1) is 52.6.